The fourth-order valence-corrected chi connectivity index (χ4v) is 1.72. The first kappa shape index (κ1) is 12.5. The maximum absolute atomic E-state index is 10.9. The zero-order valence-electron chi connectivity index (χ0n) is 8.81. The molecule has 1 aromatic carbocycles. The Morgan fingerprint density at radius 1 is 1.44 bits per heavy atom. The summed E-state index contributed by atoms with van der Waals surface area (Å²) in [6, 6.07) is 2.29. The molecule has 4 N–H and O–H groups in total. The van der Waals surface area contributed by atoms with Gasteiger partial charge in [0.05, 0.1) is 4.90 Å². The number of nitrogens with one attached hydrogen (secondary N) is 1. The van der Waals surface area contributed by atoms with E-state index in [1.807, 2.05) is 0 Å². The maximum Gasteiger partial charge on any atom is 0.294 e. The SMILES string of the molecule is CC(=O)Nc1cc(S(=O)(=O)O)cc(N)c1C. The molecule has 6 nitrogen and oxygen atoms in total. The molecule has 1 rings (SSSR count). The van der Waals surface area contributed by atoms with Gasteiger partial charge in [-0.3, -0.25) is 9.35 Å². The minimum absolute atomic E-state index is 0.180. The van der Waals surface area contributed by atoms with E-state index in [-0.39, 0.29) is 22.2 Å². The number of anilines is 2. The molecule has 16 heavy (non-hydrogen) atoms. The number of carbonyl (C=O) groups is 1. The summed E-state index contributed by atoms with van der Waals surface area (Å²) in [5.74, 6) is -0.352. The molecule has 0 atom stereocenters. The molecule has 0 saturated heterocycles. The summed E-state index contributed by atoms with van der Waals surface area (Å²) in [6.45, 7) is 2.92. The Morgan fingerprint density at radius 3 is 2.44 bits per heavy atom. The molecule has 0 aliphatic carbocycles. The van der Waals surface area contributed by atoms with E-state index in [1.165, 1.54) is 6.92 Å². The Hall–Kier alpha value is -1.60. The summed E-state index contributed by atoms with van der Waals surface area (Å²) in [5.41, 5.74) is 6.55. The third-order valence-electron chi connectivity index (χ3n) is 2.03. The van der Waals surface area contributed by atoms with Crippen molar-refractivity contribution in [1.29, 1.82) is 0 Å². The number of benzene rings is 1. The van der Waals surface area contributed by atoms with E-state index in [4.69, 9.17) is 10.3 Å². The Labute approximate surface area is 93.2 Å². The standard InChI is InChI=1S/C9H12N2O4S/c1-5-8(10)3-7(16(13,14)15)4-9(5)11-6(2)12/h3-4H,10H2,1-2H3,(H,11,12)(H,13,14,15). The Bertz CT molecular complexity index is 537. The molecule has 0 spiro atoms. The third-order valence-corrected chi connectivity index (χ3v) is 2.86. The molecule has 0 radical (unpaired) electrons. The minimum atomic E-state index is -4.33. The van der Waals surface area contributed by atoms with Crippen LogP contribution < -0.4 is 11.1 Å². The summed E-state index contributed by atoms with van der Waals surface area (Å²) in [6.07, 6.45) is 0. The predicted molar refractivity (Wildman–Crippen MR) is 59.7 cm³/mol. The highest BCUT2D eigenvalue weighted by Gasteiger charge is 2.14. The van der Waals surface area contributed by atoms with Gasteiger partial charge in [-0.2, -0.15) is 8.42 Å². The normalized spacial score (nSPS) is 11.2. The summed E-state index contributed by atoms with van der Waals surface area (Å²) in [7, 11) is -4.33. The van der Waals surface area contributed by atoms with Crippen molar-refractivity contribution in [2.75, 3.05) is 11.1 Å². The minimum Gasteiger partial charge on any atom is -0.398 e. The lowest BCUT2D eigenvalue weighted by atomic mass is 10.1. The summed E-state index contributed by atoms with van der Waals surface area (Å²) < 4.78 is 30.7. The van der Waals surface area contributed by atoms with E-state index < -0.39 is 10.1 Å². The zero-order valence-corrected chi connectivity index (χ0v) is 9.63. The third kappa shape index (κ3) is 2.71. The van der Waals surface area contributed by atoms with E-state index in [0.29, 0.717) is 5.56 Å². The molecule has 0 saturated carbocycles. The number of hydrogen-bond donors (Lipinski definition) is 3. The first-order valence-corrected chi connectivity index (χ1v) is 5.81. The van der Waals surface area contributed by atoms with Gasteiger partial charge in [-0.15, -0.1) is 0 Å². The highest BCUT2D eigenvalue weighted by molar-refractivity contribution is 7.85. The largest absolute Gasteiger partial charge is 0.398 e. The van der Waals surface area contributed by atoms with Gasteiger partial charge >= 0.3 is 0 Å². The summed E-state index contributed by atoms with van der Waals surface area (Å²) in [5, 5.41) is 2.43. The van der Waals surface area contributed by atoms with Crippen LogP contribution in [0, 0.1) is 6.92 Å². The van der Waals surface area contributed by atoms with Gasteiger partial charge in [-0.1, -0.05) is 0 Å². The smallest absolute Gasteiger partial charge is 0.294 e. The topological polar surface area (TPSA) is 109 Å². The van der Waals surface area contributed by atoms with Crippen molar-refractivity contribution in [2.24, 2.45) is 0 Å². The van der Waals surface area contributed by atoms with Crippen LogP contribution in [0.3, 0.4) is 0 Å². The van der Waals surface area contributed by atoms with Gasteiger partial charge in [-0.05, 0) is 24.6 Å². The fraction of sp³-hybridized carbons (Fsp3) is 0.222. The molecule has 0 aliphatic rings. The van der Waals surface area contributed by atoms with Gasteiger partial charge in [0, 0.05) is 18.3 Å². The van der Waals surface area contributed by atoms with Crippen LogP contribution in [-0.4, -0.2) is 18.9 Å². The molecule has 0 unspecified atom stereocenters. The lowest BCUT2D eigenvalue weighted by Gasteiger charge is -2.10. The number of hydrogen-bond acceptors (Lipinski definition) is 4. The van der Waals surface area contributed by atoms with Crippen molar-refractivity contribution >= 4 is 27.4 Å². The summed E-state index contributed by atoms with van der Waals surface area (Å²) in [4.78, 5) is 10.5. The lowest BCUT2D eigenvalue weighted by Crippen LogP contribution is -2.10. The van der Waals surface area contributed by atoms with E-state index >= 15 is 0 Å². The Morgan fingerprint density at radius 2 is 2.00 bits per heavy atom. The molecule has 0 fully saturated rings. The number of carbonyl (C=O) groups excluding carboxylic acids is 1. The highest BCUT2D eigenvalue weighted by Crippen LogP contribution is 2.26. The molecular weight excluding hydrogens is 232 g/mol. The van der Waals surface area contributed by atoms with Crippen LogP contribution in [0.15, 0.2) is 17.0 Å². The van der Waals surface area contributed by atoms with Gasteiger partial charge in [0.25, 0.3) is 10.1 Å². The first-order chi connectivity index (χ1) is 7.21. The van der Waals surface area contributed by atoms with Crippen molar-refractivity contribution in [1.82, 2.24) is 0 Å². The molecule has 7 heteroatoms. The van der Waals surface area contributed by atoms with Gasteiger partial charge in [0.2, 0.25) is 5.91 Å². The number of nitrogens with two attached hydrogens (primary N) is 1. The molecular formula is C9H12N2O4S. The van der Waals surface area contributed by atoms with E-state index in [1.54, 1.807) is 6.92 Å². The van der Waals surface area contributed by atoms with Crippen molar-refractivity contribution in [2.45, 2.75) is 18.7 Å². The lowest BCUT2D eigenvalue weighted by molar-refractivity contribution is -0.114. The highest BCUT2D eigenvalue weighted by atomic mass is 32.2. The Kier molecular flexibility index (Phi) is 3.20. The quantitative estimate of drug-likeness (QED) is 0.526. The van der Waals surface area contributed by atoms with Gasteiger partial charge in [0.15, 0.2) is 0 Å². The molecule has 0 bridgehead atoms. The second-order valence-corrected chi connectivity index (χ2v) is 4.76. The van der Waals surface area contributed by atoms with Crippen LogP contribution in [-0.2, 0) is 14.9 Å². The van der Waals surface area contributed by atoms with Gasteiger partial charge in [0.1, 0.15) is 0 Å². The van der Waals surface area contributed by atoms with Crippen LogP contribution >= 0.6 is 0 Å². The molecule has 1 aromatic rings. The monoisotopic (exact) mass is 244 g/mol. The predicted octanol–water partition coefficient (Wildman–Crippen LogP) is 0.782. The average Bonchev–Trinajstić information content (AvgIpc) is 2.10. The van der Waals surface area contributed by atoms with Crippen LogP contribution in [0.5, 0.6) is 0 Å². The van der Waals surface area contributed by atoms with Crippen molar-refractivity contribution in [3.05, 3.63) is 17.7 Å². The summed E-state index contributed by atoms with van der Waals surface area (Å²) >= 11 is 0. The maximum atomic E-state index is 10.9. The Balaban J connectivity index is 3.39. The molecule has 88 valence electrons. The van der Waals surface area contributed by atoms with Crippen LogP contribution in [0.4, 0.5) is 11.4 Å². The molecule has 0 heterocycles. The molecule has 0 aromatic heterocycles. The van der Waals surface area contributed by atoms with Crippen molar-refractivity contribution < 1.29 is 17.8 Å². The van der Waals surface area contributed by atoms with E-state index in [9.17, 15) is 13.2 Å². The van der Waals surface area contributed by atoms with E-state index in [0.717, 1.165) is 12.1 Å². The molecule has 1 amide bonds. The van der Waals surface area contributed by atoms with Gasteiger partial charge in [-0.25, -0.2) is 0 Å². The average molecular weight is 244 g/mol. The fourth-order valence-electron chi connectivity index (χ4n) is 1.18. The van der Waals surface area contributed by atoms with E-state index in [2.05, 4.69) is 5.32 Å². The van der Waals surface area contributed by atoms with Crippen molar-refractivity contribution in [3.8, 4) is 0 Å². The second-order valence-electron chi connectivity index (χ2n) is 3.34. The molecule has 0 aliphatic heterocycles. The van der Waals surface area contributed by atoms with Crippen molar-refractivity contribution in [3.63, 3.8) is 0 Å². The first-order valence-electron chi connectivity index (χ1n) is 4.37. The number of nitrogen functional groups attached to an aromatic ring is 1. The van der Waals surface area contributed by atoms with Crippen LogP contribution in [0.1, 0.15) is 12.5 Å². The zero-order chi connectivity index (χ0) is 12.5. The van der Waals surface area contributed by atoms with Crippen LogP contribution in [0.2, 0.25) is 0 Å². The second kappa shape index (κ2) is 4.11. The van der Waals surface area contributed by atoms with Gasteiger partial charge < -0.3 is 11.1 Å². The number of amides is 1. The number of rotatable bonds is 2. The van der Waals surface area contributed by atoms with Crippen LogP contribution in [0.25, 0.3) is 0 Å².